The van der Waals surface area contributed by atoms with Crippen molar-refractivity contribution < 1.29 is 9.90 Å². The maximum absolute atomic E-state index is 12.3. The van der Waals surface area contributed by atoms with E-state index in [4.69, 9.17) is 0 Å². The molecule has 2 aromatic carbocycles. The Morgan fingerprint density at radius 3 is 2.32 bits per heavy atom. The molecule has 1 unspecified atom stereocenters. The Labute approximate surface area is 150 Å². The summed E-state index contributed by atoms with van der Waals surface area (Å²) in [6.45, 7) is 6.94. The topological polar surface area (TPSA) is 61.4 Å². The predicted molar refractivity (Wildman–Crippen MR) is 103 cm³/mol. The smallest absolute Gasteiger partial charge is 0.319 e. The number of urea groups is 1. The van der Waals surface area contributed by atoms with Gasteiger partial charge in [0.15, 0.2) is 0 Å². The summed E-state index contributed by atoms with van der Waals surface area (Å²) < 4.78 is 0. The molecule has 0 heterocycles. The SMILES string of the molecule is CC(C)(C)c1ccccc1NC(=O)NCC(CCO)c1ccccc1. The largest absolute Gasteiger partial charge is 0.396 e. The molecule has 4 nitrogen and oxygen atoms in total. The quantitative estimate of drug-likeness (QED) is 0.735. The van der Waals surface area contributed by atoms with E-state index in [-0.39, 0.29) is 24.0 Å². The number of aliphatic hydroxyl groups excluding tert-OH is 1. The first-order valence-electron chi connectivity index (χ1n) is 8.72. The lowest BCUT2D eigenvalue weighted by Crippen LogP contribution is -2.33. The van der Waals surface area contributed by atoms with Gasteiger partial charge in [-0.3, -0.25) is 0 Å². The molecule has 4 heteroatoms. The normalized spacial score (nSPS) is 12.5. The molecule has 0 aliphatic heterocycles. The summed E-state index contributed by atoms with van der Waals surface area (Å²) in [5.74, 6) is 0.0924. The van der Waals surface area contributed by atoms with Crippen molar-refractivity contribution in [2.75, 3.05) is 18.5 Å². The van der Waals surface area contributed by atoms with E-state index >= 15 is 0 Å². The Morgan fingerprint density at radius 1 is 1.04 bits per heavy atom. The number of benzene rings is 2. The zero-order valence-electron chi connectivity index (χ0n) is 15.3. The summed E-state index contributed by atoms with van der Waals surface area (Å²) >= 11 is 0. The highest BCUT2D eigenvalue weighted by atomic mass is 16.3. The first kappa shape index (κ1) is 19.0. The summed E-state index contributed by atoms with van der Waals surface area (Å²) in [7, 11) is 0. The molecular weight excluding hydrogens is 312 g/mol. The third-order valence-corrected chi connectivity index (χ3v) is 4.24. The molecule has 0 bridgehead atoms. The fourth-order valence-corrected chi connectivity index (χ4v) is 2.90. The fraction of sp³-hybridized carbons (Fsp3) is 0.381. The van der Waals surface area contributed by atoms with Gasteiger partial charge in [-0.05, 0) is 29.0 Å². The summed E-state index contributed by atoms with van der Waals surface area (Å²) in [5.41, 5.74) is 2.99. The van der Waals surface area contributed by atoms with E-state index < -0.39 is 0 Å². The fourth-order valence-electron chi connectivity index (χ4n) is 2.90. The monoisotopic (exact) mass is 340 g/mol. The molecule has 0 fully saturated rings. The van der Waals surface area contributed by atoms with Crippen LogP contribution in [0.4, 0.5) is 10.5 Å². The standard InChI is InChI=1S/C21H28N2O2/c1-21(2,3)18-11-7-8-12-19(18)23-20(25)22-15-17(13-14-24)16-9-5-4-6-10-16/h4-12,17,24H,13-15H2,1-3H3,(H2,22,23,25). The van der Waals surface area contributed by atoms with Crippen LogP contribution in [-0.4, -0.2) is 24.3 Å². The van der Waals surface area contributed by atoms with Crippen LogP contribution in [0.2, 0.25) is 0 Å². The lowest BCUT2D eigenvalue weighted by molar-refractivity contribution is 0.248. The van der Waals surface area contributed by atoms with Gasteiger partial charge in [-0.1, -0.05) is 69.3 Å². The molecule has 0 radical (unpaired) electrons. The summed E-state index contributed by atoms with van der Waals surface area (Å²) in [5, 5.41) is 15.2. The molecule has 0 saturated carbocycles. The van der Waals surface area contributed by atoms with Crippen LogP contribution in [0.1, 0.15) is 44.2 Å². The van der Waals surface area contributed by atoms with E-state index in [0.29, 0.717) is 13.0 Å². The van der Waals surface area contributed by atoms with Gasteiger partial charge in [0.2, 0.25) is 0 Å². The van der Waals surface area contributed by atoms with Crippen molar-refractivity contribution in [3.8, 4) is 0 Å². The van der Waals surface area contributed by atoms with Crippen LogP contribution in [0.15, 0.2) is 54.6 Å². The Kier molecular flexibility index (Phi) is 6.59. The molecule has 0 aromatic heterocycles. The van der Waals surface area contributed by atoms with Crippen LogP contribution in [-0.2, 0) is 5.41 Å². The average molecular weight is 340 g/mol. The molecule has 1 atom stereocenters. The highest BCUT2D eigenvalue weighted by Crippen LogP contribution is 2.29. The minimum Gasteiger partial charge on any atom is -0.396 e. The number of para-hydroxylation sites is 1. The highest BCUT2D eigenvalue weighted by molar-refractivity contribution is 5.90. The minimum atomic E-state index is -0.226. The summed E-state index contributed by atoms with van der Waals surface area (Å²) in [6, 6.07) is 17.6. The second kappa shape index (κ2) is 8.67. The van der Waals surface area contributed by atoms with Crippen molar-refractivity contribution in [1.82, 2.24) is 5.32 Å². The highest BCUT2D eigenvalue weighted by Gasteiger charge is 2.19. The van der Waals surface area contributed by atoms with Gasteiger partial charge in [0.25, 0.3) is 0 Å². The van der Waals surface area contributed by atoms with Crippen molar-refractivity contribution in [2.45, 2.75) is 38.5 Å². The van der Waals surface area contributed by atoms with Gasteiger partial charge >= 0.3 is 6.03 Å². The van der Waals surface area contributed by atoms with E-state index in [1.165, 1.54) is 0 Å². The minimum absolute atomic E-state index is 0.0483. The van der Waals surface area contributed by atoms with Gasteiger partial charge in [0.1, 0.15) is 0 Å². The second-order valence-electron chi connectivity index (χ2n) is 7.25. The molecule has 2 rings (SSSR count). The van der Waals surface area contributed by atoms with Crippen LogP contribution in [0.5, 0.6) is 0 Å². The number of carbonyl (C=O) groups is 1. The number of hydrogen-bond acceptors (Lipinski definition) is 2. The molecule has 2 aromatic rings. The van der Waals surface area contributed by atoms with Gasteiger partial charge in [0.05, 0.1) is 0 Å². The van der Waals surface area contributed by atoms with E-state index in [0.717, 1.165) is 16.8 Å². The Balaban J connectivity index is 2.01. The van der Waals surface area contributed by atoms with Crippen LogP contribution < -0.4 is 10.6 Å². The molecule has 0 aliphatic rings. The molecule has 134 valence electrons. The molecule has 2 amide bonds. The Hall–Kier alpha value is -2.33. The lowest BCUT2D eigenvalue weighted by Gasteiger charge is -2.23. The molecular formula is C21H28N2O2. The van der Waals surface area contributed by atoms with Crippen molar-refractivity contribution in [1.29, 1.82) is 0 Å². The maximum Gasteiger partial charge on any atom is 0.319 e. The third-order valence-electron chi connectivity index (χ3n) is 4.24. The number of rotatable bonds is 6. The molecule has 0 spiro atoms. The van der Waals surface area contributed by atoms with Crippen molar-refractivity contribution >= 4 is 11.7 Å². The number of aliphatic hydroxyl groups is 1. The first-order chi connectivity index (χ1) is 11.9. The van der Waals surface area contributed by atoms with E-state index in [9.17, 15) is 9.90 Å². The molecule has 0 aliphatic carbocycles. The van der Waals surface area contributed by atoms with Gasteiger partial charge < -0.3 is 15.7 Å². The van der Waals surface area contributed by atoms with E-state index in [1.807, 2.05) is 54.6 Å². The predicted octanol–water partition coefficient (Wildman–Crippen LogP) is 4.27. The number of anilines is 1. The van der Waals surface area contributed by atoms with Gasteiger partial charge in [-0.15, -0.1) is 0 Å². The maximum atomic E-state index is 12.3. The number of carbonyl (C=O) groups excluding carboxylic acids is 1. The lowest BCUT2D eigenvalue weighted by atomic mass is 9.86. The van der Waals surface area contributed by atoms with Crippen LogP contribution in [0, 0.1) is 0 Å². The Bertz CT molecular complexity index is 678. The molecule has 25 heavy (non-hydrogen) atoms. The van der Waals surface area contributed by atoms with E-state index in [2.05, 4.69) is 31.4 Å². The second-order valence-corrected chi connectivity index (χ2v) is 7.25. The number of nitrogens with one attached hydrogen (secondary N) is 2. The van der Waals surface area contributed by atoms with Crippen LogP contribution in [0.25, 0.3) is 0 Å². The van der Waals surface area contributed by atoms with Crippen molar-refractivity contribution in [3.05, 3.63) is 65.7 Å². The zero-order chi connectivity index (χ0) is 18.3. The Morgan fingerprint density at radius 2 is 1.68 bits per heavy atom. The summed E-state index contributed by atoms with van der Waals surface area (Å²) in [6.07, 6.45) is 0.614. The van der Waals surface area contributed by atoms with Gasteiger partial charge in [0, 0.05) is 24.8 Å². The van der Waals surface area contributed by atoms with Gasteiger partial charge in [-0.2, -0.15) is 0 Å². The average Bonchev–Trinajstić information content (AvgIpc) is 2.59. The van der Waals surface area contributed by atoms with Crippen LogP contribution >= 0.6 is 0 Å². The zero-order valence-corrected chi connectivity index (χ0v) is 15.3. The van der Waals surface area contributed by atoms with Gasteiger partial charge in [-0.25, -0.2) is 4.79 Å². The molecule has 0 saturated heterocycles. The molecule has 3 N–H and O–H groups in total. The van der Waals surface area contributed by atoms with E-state index in [1.54, 1.807) is 0 Å². The third kappa shape index (κ3) is 5.61. The van der Waals surface area contributed by atoms with Crippen molar-refractivity contribution in [3.63, 3.8) is 0 Å². The first-order valence-corrected chi connectivity index (χ1v) is 8.72. The summed E-state index contributed by atoms with van der Waals surface area (Å²) in [4.78, 5) is 12.3. The van der Waals surface area contributed by atoms with Crippen LogP contribution in [0.3, 0.4) is 0 Å². The van der Waals surface area contributed by atoms with Crippen molar-refractivity contribution in [2.24, 2.45) is 0 Å². The number of amides is 2. The number of hydrogen-bond donors (Lipinski definition) is 3.